The highest BCUT2D eigenvalue weighted by molar-refractivity contribution is 7.89. The van der Waals surface area contributed by atoms with Gasteiger partial charge in [0.15, 0.2) is 0 Å². The number of hydrogen-bond donors (Lipinski definition) is 0. The van der Waals surface area contributed by atoms with E-state index in [4.69, 9.17) is 13.9 Å². The van der Waals surface area contributed by atoms with E-state index in [1.807, 2.05) is 31.2 Å². The summed E-state index contributed by atoms with van der Waals surface area (Å²) in [4.78, 5) is 0.272. The van der Waals surface area contributed by atoms with E-state index in [2.05, 4.69) is 10.2 Å². The van der Waals surface area contributed by atoms with Crippen molar-refractivity contribution < 1.29 is 22.3 Å². The molecule has 1 aliphatic rings. The highest BCUT2D eigenvalue weighted by Crippen LogP contribution is 2.32. The zero-order valence-corrected chi connectivity index (χ0v) is 18.3. The second-order valence-electron chi connectivity index (χ2n) is 7.26. The van der Waals surface area contributed by atoms with Gasteiger partial charge < -0.3 is 13.9 Å². The fourth-order valence-electron chi connectivity index (χ4n) is 3.62. The van der Waals surface area contributed by atoms with Crippen LogP contribution in [0.3, 0.4) is 0 Å². The quantitative estimate of drug-likeness (QED) is 0.549. The summed E-state index contributed by atoms with van der Waals surface area (Å²) < 4.78 is 43.9. The lowest BCUT2D eigenvalue weighted by Gasteiger charge is -2.29. The molecule has 2 heterocycles. The Morgan fingerprint density at radius 2 is 1.65 bits per heavy atom. The number of rotatable bonds is 7. The first-order valence-corrected chi connectivity index (χ1v) is 11.7. The summed E-state index contributed by atoms with van der Waals surface area (Å²) in [6.45, 7) is 3.23. The van der Waals surface area contributed by atoms with Gasteiger partial charge >= 0.3 is 0 Å². The molecule has 0 N–H and O–H groups in total. The van der Waals surface area contributed by atoms with Gasteiger partial charge in [0.1, 0.15) is 11.5 Å². The van der Waals surface area contributed by atoms with Gasteiger partial charge in [0.05, 0.1) is 18.6 Å². The van der Waals surface area contributed by atoms with Crippen LogP contribution in [0.4, 0.5) is 0 Å². The summed E-state index contributed by atoms with van der Waals surface area (Å²) >= 11 is 0. The molecule has 3 aromatic rings. The Hall–Kier alpha value is -2.91. The molecule has 31 heavy (non-hydrogen) atoms. The van der Waals surface area contributed by atoms with Gasteiger partial charge in [-0.05, 0) is 68.3 Å². The molecule has 8 nitrogen and oxygen atoms in total. The molecule has 0 amide bonds. The normalized spacial score (nSPS) is 15.7. The van der Waals surface area contributed by atoms with Crippen molar-refractivity contribution in [3.8, 4) is 23.0 Å². The SMILES string of the molecule is CCOc1ccc(S(=O)(=O)N2CCC(c3nnc(-c4ccc(OC)cc4)o3)CC2)cc1. The summed E-state index contributed by atoms with van der Waals surface area (Å²) in [7, 11) is -1.93. The Morgan fingerprint density at radius 3 is 2.26 bits per heavy atom. The van der Waals surface area contributed by atoms with Gasteiger partial charge in [0.25, 0.3) is 0 Å². The molecule has 2 aromatic carbocycles. The Balaban J connectivity index is 1.40. The van der Waals surface area contributed by atoms with Gasteiger partial charge in [-0.3, -0.25) is 0 Å². The third kappa shape index (κ3) is 4.57. The summed E-state index contributed by atoms with van der Waals surface area (Å²) in [5, 5.41) is 8.36. The van der Waals surface area contributed by atoms with Crippen LogP contribution < -0.4 is 9.47 Å². The van der Waals surface area contributed by atoms with Crippen LogP contribution in [0.1, 0.15) is 31.6 Å². The molecule has 1 fully saturated rings. The van der Waals surface area contributed by atoms with E-state index in [-0.39, 0.29) is 10.8 Å². The van der Waals surface area contributed by atoms with Gasteiger partial charge in [0, 0.05) is 24.6 Å². The number of aromatic nitrogens is 2. The zero-order valence-electron chi connectivity index (χ0n) is 17.5. The van der Waals surface area contributed by atoms with Crippen molar-refractivity contribution in [2.75, 3.05) is 26.8 Å². The van der Waals surface area contributed by atoms with Crippen molar-refractivity contribution in [3.63, 3.8) is 0 Å². The minimum atomic E-state index is -3.54. The molecule has 1 aromatic heterocycles. The number of hydrogen-bond acceptors (Lipinski definition) is 7. The van der Waals surface area contributed by atoms with E-state index in [1.54, 1.807) is 31.4 Å². The molecule has 0 atom stereocenters. The molecule has 0 aliphatic carbocycles. The van der Waals surface area contributed by atoms with Gasteiger partial charge in [-0.25, -0.2) is 8.42 Å². The fourth-order valence-corrected chi connectivity index (χ4v) is 5.09. The van der Waals surface area contributed by atoms with E-state index < -0.39 is 10.0 Å². The van der Waals surface area contributed by atoms with Crippen molar-refractivity contribution in [1.82, 2.24) is 14.5 Å². The zero-order chi connectivity index (χ0) is 21.8. The molecule has 0 saturated carbocycles. The monoisotopic (exact) mass is 443 g/mol. The van der Waals surface area contributed by atoms with E-state index >= 15 is 0 Å². The number of sulfonamides is 1. The average Bonchev–Trinajstić information content (AvgIpc) is 3.30. The maximum atomic E-state index is 13.0. The van der Waals surface area contributed by atoms with Crippen LogP contribution in [0.5, 0.6) is 11.5 Å². The van der Waals surface area contributed by atoms with E-state index in [9.17, 15) is 8.42 Å². The van der Waals surface area contributed by atoms with Gasteiger partial charge in [-0.15, -0.1) is 10.2 Å². The lowest BCUT2D eigenvalue weighted by Crippen LogP contribution is -2.37. The molecule has 4 rings (SSSR count). The fraction of sp³-hybridized carbons (Fsp3) is 0.364. The van der Waals surface area contributed by atoms with Crippen LogP contribution in [0.25, 0.3) is 11.5 Å². The van der Waals surface area contributed by atoms with Gasteiger partial charge in [-0.1, -0.05) is 0 Å². The summed E-state index contributed by atoms with van der Waals surface area (Å²) in [5.74, 6) is 2.44. The first kappa shape index (κ1) is 21.3. The van der Waals surface area contributed by atoms with Crippen molar-refractivity contribution in [2.45, 2.75) is 30.6 Å². The Labute approximate surface area is 181 Å². The number of methoxy groups -OCH3 is 1. The lowest BCUT2D eigenvalue weighted by molar-refractivity contribution is 0.291. The largest absolute Gasteiger partial charge is 0.497 e. The minimum absolute atomic E-state index is 0.0336. The van der Waals surface area contributed by atoms with Crippen molar-refractivity contribution in [1.29, 1.82) is 0 Å². The smallest absolute Gasteiger partial charge is 0.247 e. The summed E-state index contributed by atoms with van der Waals surface area (Å²) in [6.07, 6.45) is 1.25. The number of nitrogens with zero attached hydrogens (tertiary/aromatic N) is 3. The number of ether oxygens (including phenoxy) is 2. The summed E-state index contributed by atoms with van der Waals surface area (Å²) in [6, 6.07) is 13.9. The van der Waals surface area contributed by atoms with E-state index in [1.165, 1.54) is 4.31 Å². The third-order valence-corrected chi connectivity index (χ3v) is 7.27. The Kier molecular flexibility index (Phi) is 6.24. The molecule has 0 radical (unpaired) electrons. The first-order valence-electron chi connectivity index (χ1n) is 10.2. The van der Waals surface area contributed by atoms with E-state index in [0.717, 1.165) is 11.3 Å². The molecule has 9 heteroatoms. The molecular weight excluding hydrogens is 418 g/mol. The van der Waals surface area contributed by atoms with Crippen LogP contribution in [0.15, 0.2) is 57.8 Å². The topological polar surface area (TPSA) is 94.8 Å². The maximum absolute atomic E-state index is 13.0. The maximum Gasteiger partial charge on any atom is 0.247 e. The van der Waals surface area contributed by atoms with Crippen LogP contribution in [-0.2, 0) is 10.0 Å². The molecule has 1 saturated heterocycles. The van der Waals surface area contributed by atoms with E-state index in [0.29, 0.717) is 50.1 Å². The van der Waals surface area contributed by atoms with Crippen LogP contribution in [0, 0.1) is 0 Å². The molecule has 0 spiro atoms. The van der Waals surface area contributed by atoms with Gasteiger partial charge in [-0.2, -0.15) is 4.31 Å². The Morgan fingerprint density at radius 1 is 1.00 bits per heavy atom. The average molecular weight is 444 g/mol. The molecule has 0 unspecified atom stereocenters. The molecule has 1 aliphatic heterocycles. The number of piperidine rings is 1. The molecule has 0 bridgehead atoms. The highest BCUT2D eigenvalue weighted by Gasteiger charge is 2.32. The van der Waals surface area contributed by atoms with Gasteiger partial charge in [0.2, 0.25) is 21.8 Å². The van der Waals surface area contributed by atoms with Crippen molar-refractivity contribution in [3.05, 3.63) is 54.4 Å². The van der Waals surface area contributed by atoms with Crippen molar-refractivity contribution in [2.24, 2.45) is 0 Å². The predicted molar refractivity (Wildman–Crippen MR) is 115 cm³/mol. The lowest BCUT2D eigenvalue weighted by atomic mass is 9.98. The minimum Gasteiger partial charge on any atom is -0.497 e. The Bertz CT molecular complexity index is 1100. The predicted octanol–water partition coefficient (Wildman–Crippen LogP) is 3.71. The van der Waals surface area contributed by atoms with Crippen LogP contribution in [-0.4, -0.2) is 49.7 Å². The third-order valence-electron chi connectivity index (χ3n) is 5.35. The molecule has 164 valence electrons. The second kappa shape index (κ2) is 9.07. The number of benzene rings is 2. The standard InChI is InChI=1S/C22H25N3O5S/c1-3-29-19-8-10-20(11-9-19)31(26,27)25-14-12-17(13-15-25)22-24-23-21(30-22)16-4-6-18(28-2)7-5-16/h4-11,17H,3,12-15H2,1-2H3. The molecular formula is C22H25N3O5S. The van der Waals surface area contributed by atoms with Crippen LogP contribution >= 0.6 is 0 Å². The highest BCUT2D eigenvalue weighted by atomic mass is 32.2. The second-order valence-corrected chi connectivity index (χ2v) is 9.19. The van der Waals surface area contributed by atoms with Crippen molar-refractivity contribution >= 4 is 10.0 Å². The summed E-state index contributed by atoms with van der Waals surface area (Å²) in [5.41, 5.74) is 0.815. The first-order chi connectivity index (χ1) is 15.0. The van der Waals surface area contributed by atoms with Crippen LogP contribution in [0.2, 0.25) is 0 Å².